The molecule has 10 nitrogen and oxygen atoms in total. The molecule has 13 heteroatoms. The van der Waals surface area contributed by atoms with E-state index in [0.717, 1.165) is 0 Å². The maximum absolute atomic E-state index is 10.5. The van der Waals surface area contributed by atoms with Gasteiger partial charge in [0.15, 0.2) is 0 Å². The topological polar surface area (TPSA) is 218 Å². The molecule has 0 saturated heterocycles. The molecular formula is C2H12BF2N3O7. The standard InChI is InChI=1S/C2F2O4.BH3O3.3H3N/c3-7-1(5)2(6)8-4;2-1(3)4;;;/h;2-4H;3*1H3. The van der Waals surface area contributed by atoms with E-state index in [4.69, 9.17) is 15.1 Å². The van der Waals surface area contributed by atoms with Crippen molar-refractivity contribution >= 4 is 19.3 Å². The summed E-state index contributed by atoms with van der Waals surface area (Å²) in [7, 11) is -2.17. The summed E-state index contributed by atoms with van der Waals surface area (Å²) < 4.78 is 21.0. The quantitative estimate of drug-likeness (QED) is 0.207. The number of hydrogen-bond donors (Lipinski definition) is 6. The van der Waals surface area contributed by atoms with Crippen molar-refractivity contribution < 1.29 is 43.6 Å². The van der Waals surface area contributed by atoms with Gasteiger partial charge in [-0.1, -0.05) is 0 Å². The summed E-state index contributed by atoms with van der Waals surface area (Å²) in [6, 6.07) is 0. The van der Waals surface area contributed by atoms with Crippen molar-refractivity contribution in [2.75, 3.05) is 0 Å². The van der Waals surface area contributed by atoms with E-state index in [-0.39, 0.29) is 18.5 Å². The van der Waals surface area contributed by atoms with Gasteiger partial charge < -0.3 is 33.5 Å². The van der Waals surface area contributed by atoms with Gasteiger partial charge in [-0.25, -0.2) is 19.5 Å². The lowest BCUT2D eigenvalue weighted by Gasteiger charge is -1.82. The Bertz CT molecular complexity index is 142. The van der Waals surface area contributed by atoms with Crippen LogP contribution < -0.4 is 18.5 Å². The SMILES string of the molecule is N.N.N.O=C(OF)C(=O)OF.OB(O)O. The molecule has 94 valence electrons. The lowest BCUT2D eigenvalue weighted by Crippen LogP contribution is -2.13. The number of carbonyl (C=O) groups is 2. The molecule has 0 aliphatic heterocycles. The van der Waals surface area contributed by atoms with Crippen LogP contribution in [0.2, 0.25) is 0 Å². The van der Waals surface area contributed by atoms with Crippen molar-refractivity contribution in [3.8, 4) is 0 Å². The van der Waals surface area contributed by atoms with Crippen molar-refractivity contribution in [2.45, 2.75) is 0 Å². The molecule has 0 saturated carbocycles. The van der Waals surface area contributed by atoms with Crippen LogP contribution in [0.5, 0.6) is 0 Å². The molecule has 12 N–H and O–H groups in total. The lowest BCUT2D eigenvalue weighted by atomic mass is 10.3. The van der Waals surface area contributed by atoms with Gasteiger partial charge in [-0.2, -0.15) is 0 Å². The number of hydrogen-bond acceptors (Lipinski definition) is 10. The molecule has 0 aromatic rings. The minimum absolute atomic E-state index is 0. The van der Waals surface area contributed by atoms with E-state index >= 15 is 0 Å². The lowest BCUT2D eigenvalue weighted by molar-refractivity contribution is -0.212. The fourth-order valence-electron chi connectivity index (χ4n) is 0.0630. The molecule has 0 heterocycles. The molecule has 0 bridgehead atoms. The van der Waals surface area contributed by atoms with Crippen LogP contribution in [-0.2, 0) is 19.5 Å². The molecule has 0 spiro atoms. The molecule has 0 fully saturated rings. The molecule has 0 amide bonds. The van der Waals surface area contributed by atoms with Crippen molar-refractivity contribution in [2.24, 2.45) is 0 Å². The summed E-state index contributed by atoms with van der Waals surface area (Å²) in [6.07, 6.45) is 0. The van der Waals surface area contributed by atoms with Gasteiger partial charge in [0, 0.05) is 9.05 Å². The van der Waals surface area contributed by atoms with Crippen LogP contribution in [0.1, 0.15) is 0 Å². The molecule has 0 aromatic carbocycles. The number of rotatable bonds is 0. The first-order chi connectivity index (χ1) is 5.45. The van der Waals surface area contributed by atoms with Gasteiger partial charge >= 0.3 is 19.3 Å². The van der Waals surface area contributed by atoms with Gasteiger partial charge in [0.05, 0.1) is 0 Å². The molecule has 0 atom stereocenters. The zero-order valence-corrected chi connectivity index (χ0v) is 7.43. The number of halogens is 2. The van der Waals surface area contributed by atoms with E-state index in [9.17, 15) is 18.6 Å². The fourth-order valence-corrected chi connectivity index (χ4v) is 0.0630. The molecule has 0 aromatic heterocycles. The summed E-state index contributed by atoms with van der Waals surface area (Å²) >= 11 is 0. The smallest absolute Gasteiger partial charge is 0.402 e. The third kappa shape index (κ3) is 32.5. The maximum Gasteiger partial charge on any atom is 0.631 e. The largest absolute Gasteiger partial charge is 0.631 e. The second-order valence-corrected chi connectivity index (χ2v) is 1.08. The summed E-state index contributed by atoms with van der Waals surface area (Å²) in [6.45, 7) is 0. The van der Waals surface area contributed by atoms with Crippen LogP contribution in [0.3, 0.4) is 0 Å². The minimum Gasteiger partial charge on any atom is -0.402 e. The van der Waals surface area contributed by atoms with Crippen LogP contribution in [-0.4, -0.2) is 34.3 Å². The Labute approximate surface area is 82.5 Å². The second kappa shape index (κ2) is 18.4. The van der Waals surface area contributed by atoms with E-state index in [1.165, 1.54) is 0 Å². The number of carbonyl (C=O) groups excluding carboxylic acids is 2. The first-order valence-electron chi connectivity index (χ1n) is 2.15. The zero-order chi connectivity index (χ0) is 10.1. The predicted molar refractivity (Wildman–Crippen MR) is 41.9 cm³/mol. The van der Waals surface area contributed by atoms with E-state index in [0.29, 0.717) is 0 Å². The van der Waals surface area contributed by atoms with Crippen molar-refractivity contribution in [3.63, 3.8) is 0 Å². The third-order valence-corrected chi connectivity index (χ3v) is 0.307. The normalized spacial score (nSPS) is 5.93. The summed E-state index contributed by atoms with van der Waals surface area (Å²) in [5.74, 6) is -4.04. The van der Waals surface area contributed by atoms with Crippen LogP contribution in [0, 0.1) is 0 Å². The molecule has 0 aliphatic rings. The Morgan fingerprint density at radius 1 is 0.867 bits per heavy atom. The van der Waals surface area contributed by atoms with Crippen LogP contribution in [0.15, 0.2) is 0 Å². The monoisotopic (exact) mass is 239 g/mol. The van der Waals surface area contributed by atoms with E-state index in [2.05, 4.69) is 9.88 Å². The Balaban J connectivity index is -0.0000000424. The summed E-state index contributed by atoms with van der Waals surface area (Å²) in [4.78, 5) is 23.4. The Hall–Kier alpha value is -1.38. The average Bonchev–Trinajstić information content (AvgIpc) is 2.00. The highest BCUT2D eigenvalue weighted by atomic mass is 19.3. The summed E-state index contributed by atoms with van der Waals surface area (Å²) in [5, 5.41) is 21.5. The average molecular weight is 239 g/mol. The Kier molecular flexibility index (Phi) is 35.8. The van der Waals surface area contributed by atoms with Crippen LogP contribution in [0.4, 0.5) is 9.05 Å². The highest BCUT2D eigenvalue weighted by molar-refractivity contribution is 6.30. The van der Waals surface area contributed by atoms with Crippen molar-refractivity contribution in [3.05, 3.63) is 0 Å². The maximum atomic E-state index is 10.5. The van der Waals surface area contributed by atoms with E-state index in [1.807, 2.05) is 0 Å². The van der Waals surface area contributed by atoms with Crippen molar-refractivity contribution in [1.82, 2.24) is 18.5 Å². The van der Waals surface area contributed by atoms with Crippen molar-refractivity contribution in [1.29, 1.82) is 0 Å². The van der Waals surface area contributed by atoms with Gasteiger partial charge in [0.2, 0.25) is 0 Å². The van der Waals surface area contributed by atoms with E-state index < -0.39 is 19.3 Å². The molecule has 0 unspecified atom stereocenters. The van der Waals surface area contributed by atoms with Gasteiger partial charge in [-0.3, -0.25) is 0 Å². The second-order valence-electron chi connectivity index (χ2n) is 1.08. The van der Waals surface area contributed by atoms with Gasteiger partial charge in [0.25, 0.3) is 0 Å². The predicted octanol–water partition coefficient (Wildman–Crippen LogP) is -1.72. The minimum atomic E-state index is -2.17. The zero-order valence-electron chi connectivity index (χ0n) is 7.43. The molecule has 15 heavy (non-hydrogen) atoms. The summed E-state index contributed by atoms with van der Waals surface area (Å²) in [5.41, 5.74) is 0. The Morgan fingerprint density at radius 2 is 1.00 bits per heavy atom. The molecule has 0 rings (SSSR count). The highest BCUT2D eigenvalue weighted by Gasteiger charge is 2.18. The van der Waals surface area contributed by atoms with Crippen LogP contribution in [0.25, 0.3) is 0 Å². The van der Waals surface area contributed by atoms with Gasteiger partial charge in [0.1, 0.15) is 0 Å². The van der Waals surface area contributed by atoms with Gasteiger partial charge in [-0.05, 0) is 0 Å². The molecular weight excluding hydrogens is 227 g/mol. The fraction of sp³-hybridized carbons (Fsp3) is 0. The Morgan fingerprint density at radius 3 is 1.07 bits per heavy atom. The first-order valence-corrected chi connectivity index (χ1v) is 2.15. The highest BCUT2D eigenvalue weighted by Crippen LogP contribution is 1.83. The van der Waals surface area contributed by atoms with Crippen LogP contribution >= 0.6 is 0 Å². The molecule has 0 radical (unpaired) electrons. The third-order valence-electron chi connectivity index (χ3n) is 0.307. The first kappa shape index (κ1) is 29.2. The van der Waals surface area contributed by atoms with E-state index in [1.54, 1.807) is 0 Å². The molecule has 0 aliphatic carbocycles. The van der Waals surface area contributed by atoms with Gasteiger partial charge in [-0.15, -0.1) is 0 Å².